The van der Waals surface area contributed by atoms with Gasteiger partial charge in [-0.05, 0) is 42.5 Å². The molecule has 0 fully saturated rings. The number of thioether (sulfide) groups is 1. The molecule has 7 nitrogen and oxygen atoms in total. The fourth-order valence-electron chi connectivity index (χ4n) is 3.57. The van der Waals surface area contributed by atoms with Gasteiger partial charge in [-0.25, -0.2) is 15.0 Å². The zero-order chi connectivity index (χ0) is 24.6. The van der Waals surface area contributed by atoms with Crippen LogP contribution >= 0.6 is 11.8 Å². The van der Waals surface area contributed by atoms with Crippen LogP contribution in [0.4, 0.5) is 13.2 Å². The number of primary amides is 1. The van der Waals surface area contributed by atoms with Crippen molar-refractivity contribution < 1.29 is 22.7 Å². The molecule has 2 N–H and O–H groups in total. The Labute approximate surface area is 196 Å². The number of alkyl halides is 3. The highest BCUT2D eigenvalue weighted by atomic mass is 32.2. The van der Waals surface area contributed by atoms with Crippen LogP contribution in [0.5, 0.6) is 5.88 Å². The number of aromatic nitrogens is 4. The van der Waals surface area contributed by atoms with E-state index >= 15 is 0 Å². The van der Waals surface area contributed by atoms with Gasteiger partial charge < -0.3 is 10.5 Å². The monoisotopic (exact) mass is 485 g/mol. The molecule has 11 heteroatoms. The van der Waals surface area contributed by atoms with E-state index in [0.29, 0.717) is 27.3 Å². The van der Waals surface area contributed by atoms with E-state index in [1.807, 2.05) is 6.26 Å². The fourth-order valence-corrected chi connectivity index (χ4v) is 3.91. The highest BCUT2D eigenvalue weighted by Crippen LogP contribution is 2.40. The van der Waals surface area contributed by atoms with E-state index in [-0.39, 0.29) is 28.4 Å². The molecule has 0 aliphatic carbocycles. The van der Waals surface area contributed by atoms with Crippen molar-refractivity contribution in [2.45, 2.75) is 18.3 Å². The number of rotatable bonds is 5. The second-order valence-electron chi connectivity index (χ2n) is 7.27. The van der Waals surface area contributed by atoms with Crippen LogP contribution in [0, 0.1) is 6.92 Å². The number of benzene rings is 2. The van der Waals surface area contributed by atoms with Crippen LogP contribution in [-0.4, -0.2) is 39.2 Å². The predicted octanol–water partition coefficient (Wildman–Crippen LogP) is 4.91. The van der Waals surface area contributed by atoms with Gasteiger partial charge in [0.15, 0.2) is 16.5 Å². The number of fused-ring (bicyclic) bond motifs is 1. The molecule has 0 radical (unpaired) electrons. The number of ether oxygens (including phenoxy) is 1. The number of halogens is 3. The lowest BCUT2D eigenvalue weighted by Crippen LogP contribution is -2.16. The van der Waals surface area contributed by atoms with Gasteiger partial charge in [0, 0.05) is 16.7 Å². The number of carbonyl (C=O) groups excluding carboxylic acids is 1. The molecule has 4 aromatic rings. The van der Waals surface area contributed by atoms with Gasteiger partial charge >= 0.3 is 6.18 Å². The largest absolute Gasteiger partial charge is 0.479 e. The molecule has 1 amide bonds. The Bertz CT molecular complexity index is 1430. The van der Waals surface area contributed by atoms with Crippen molar-refractivity contribution >= 4 is 28.7 Å². The zero-order valence-corrected chi connectivity index (χ0v) is 19.1. The molecule has 34 heavy (non-hydrogen) atoms. The Morgan fingerprint density at radius 1 is 1.12 bits per heavy atom. The molecular formula is C23H18F3N5O2S. The molecule has 0 aliphatic heterocycles. The number of nitrogens with two attached hydrogens (primary N) is 1. The van der Waals surface area contributed by atoms with Crippen molar-refractivity contribution in [3.05, 3.63) is 59.3 Å². The summed E-state index contributed by atoms with van der Waals surface area (Å²) in [5.41, 5.74) is 6.05. The molecule has 0 saturated carbocycles. The zero-order valence-electron chi connectivity index (χ0n) is 18.3. The van der Waals surface area contributed by atoms with E-state index in [0.717, 1.165) is 12.1 Å². The summed E-state index contributed by atoms with van der Waals surface area (Å²) >= 11 is 1.35. The lowest BCUT2D eigenvalue weighted by Gasteiger charge is -2.17. The minimum atomic E-state index is -4.69. The number of methoxy groups -OCH3 is 1. The van der Waals surface area contributed by atoms with Crippen LogP contribution in [0.2, 0.25) is 0 Å². The number of amides is 1. The Kier molecular flexibility index (Phi) is 6.13. The SMILES string of the molecule is COc1nc(-c2cc(-c3c(C(N)=O)cccc3C(F)(F)F)ccc2C)nc2cnc(SC)nc12. The summed E-state index contributed by atoms with van der Waals surface area (Å²) in [5.74, 6) is -0.543. The van der Waals surface area contributed by atoms with Crippen molar-refractivity contribution in [1.29, 1.82) is 0 Å². The summed E-state index contributed by atoms with van der Waals surface area (Å²) in [4.78, 5) is 29.5. The lowest BCUT2D eigenvalue weighted by atomic mass is 9.91. The smallest absolute Gasteiger partial charge is 0.417 e. The molecule has 0 atom stereocenters. The summed E-state index contributed by atoms with van der Waals surface area (Å²) in [6.45, 7) is 1.77. The fraction of sp³-hybridized carbons (Fsp3) is 0.174. The van der Waals surface area contributed by atoms with Crippen molar-refractivity contribution in [3.63, 3.8) is 0 Å². The lowest BCUT2D eigenvalue weighted by molar-refractivity contribution is -0.137. The van der Waals surface area contributed by atoms with E-state index in [1.165, 1.54) is 43.3 Å². The maximum absolute atomic E-state index is 13.8. The molecule has 2 aromatic heterocycles. The van der Waals surface area contributed by atoms with Gasteiger partial charge in [0.05, 0.1) is 18.9 Å². The molecule has 0 spiro atoms. The Morgan fingerprint density at radius 3 is 2.53 bits per heavy atom. The van der Waals surface area contributed by atoms with E-state index in [4.69, 9.17) is 10.5 Å². The summed E-state index contributed by atoms with van der Waals surface area (Å²) < 4.78 is 46.8. The van der Waals surface area contributed by atoms with Crippen LogP contribution in [0.1, 0.15) is 21.5 Å². The molecule has 0 aliphatic rings. The van der Waals surface area contributed by atoms with Gasteiger partial charge in [-0.2, -0.15) is 18.2 Å². The first kappa shape index (κ1) is 23.4. The standard InChI is InChI=1S/C23H18F3N5O2S/c1-11-7-8-12(17-13(19(27)32)5-4-6-15(17)23(24,25)26)9-14(11)20-29-16-10-28-22(34-3)30-18(16)21(31-20)33-2/h4-10H,1-3H3,(H2,27,32). The Hall–Kier alpha value is -3.73. The van der Waals surface area contributed by atoms with Crippen molar-refractivity contribution in [3.8, 4) is 28.4 Å². The van der Waals surface area contributed by atoms with Crippen LogP contribution < -0.4 is 10.5 Å². The highest BCUT2D eigenvalue weighted by molar-refractivity contribution is 7.98. The summed E-state index contributed by atoms with van der Waals surface area (Å²) in [6, 6.07) is 7.98. The summed E-state index contributed by atoms with van der Waals surface area (Å²) in [5, 5.41) is 0.517. The molecule has 0 unspecified atom stereocenters. The molecule has 0 bridgehead atoms. The first-order valence-electron chi connectivity index (χ1n) is 9.88. The third-order valence-electron chi connectivity index (χ3n) is 5.16. The van der Waals surface area contributed by atoms with Gasteiger partial charge in [-0.1, -0.05) is 30.0 Å². The number of nitrogens with zero attached hydrogens (tertiary/aromatic N) is 4. The molecule has 2 aromatic carbocycles. The van der Waals surface area contributed by atoms with E-state index in [9.17, 15) is 18.0 Å². The van der Waals surface area contributed by atoms with E-state index in [1.54, 1.807) is 13.0 Å². The van der Waals surface area contributed by atoms with Gasteiger partial charge in [0.1, 0.15) is 5.52 Å². The minimum Gasteiger partial charge on any atom is -0.479 e. The minimum absolute atomic E-state index is 0.152. The highest BCUT2D eigenvalue weighted by Gasteiger charge is 2.35. The molecular weight excluding hydrogens is 467 g/mol. The maximum Gasteiger partial charge on any atom is 0.417 e. The van der Waals surface area contributed by atoms with Crippen LogP contribution in [0.25, 0.3) is 33.5 Å². The maximum atomic E-state index is 13.8. The molecule has 2 heterocycles. The average molecular weight is 485 g/mol. The van der Waals surface area contributed by atoms with Crippen molar-refractivity contribution in [1.82, 2.24) is 19.9 Å². The number of hydrogen-bond acceptors (Lipinski definition) is 7. The third kappa shape index (κ3) is 4.26. The quantitative estimate of drug-likeness (QED) is 0.316. The topological polar surface area (TPSA) is 104 Å². The van der Waals surface area contributed by atoms with Gasteiger partial charge in [0.2, 0.25) is 11.8 Å². The number of hydrogen-bond donors (Lipinski definition) is 1. The van der Waals surface area contributed by atoms with Gasteiger partial charge in [-0.3, -0.25) is 4.79 Å². The third-order valence-corrected chi connectivity index (χ3v) is 5.72. The van der Waals surface area contributed by atoms with Crippen molar-refractivity contribution in [2.75, 3.05) is 13.4 Å². The van der Waals surface area contributed by atoms with Gasteiger partial charge in [-0.15, -0.1) is 0 Å². The van der Waals surface area contributed by atoms with Gasteiger partial charge in [0.25, 0.3) is 0 Å². The summed E-state index contributed by atoms with van der Waals surface area (Å²) in [7, 11) is 1.44. The van der Waals surface area contributed by atoms with E-state index < -0.39 is 17.6 Å². The number of aryl methyl sites for hydroxylation is 1. The first-order chi connectivity index (χ1) is 16.1. The van der Waals surface area contributed by atoms with Crippen LogP contribution in [0.3, 0.4) is 0 Å². The summed E-state index contributed by atoms with van der Waals surface area (Å²) in [6.07, 6.45) is -1.33. The van der Waals surface area contributed by atoms with Crippen LogP contribution in [0.15, 0.2) is 47.8 Å². The Balaban J connectivity index is 1.97. The van der Waals surface area contributed by atoms with Crippen molar-refractivity contribution in [2.24, 2.45) is 5.73 Å². The first-order valence-corrected chi connectivity index (χ1v) is 11.1. The molecule has 4 rings (SSSR count). The second kappa shape index (κ2) is 8.90. The second-order valence-corrected chi connectivity index (χ2v) is 8.04. The number of carbonyl (C=O) groups is 1. The molecule has 174 valence electrons. The normalized spacial score (nSPS) is 11.6. The van der Waals surface area contributed by atoms with E-state index in [2.05, 4.69) is 19.9 Å². The average Bonchev–Trinajstić information content (AvgIpc) is 2.82. The molecule has 0 saturated heterocycles. The predicted molar refractivity (Wildman–Crippen MR) is 123 cm³/mol. The Morgan fingerprint density at radius 2 is 1.88 bits per heavy atom. The van der Waals surface area contributed by atoms with Crippen LogP contribution in [-0.2, 0) is 6.18 Å².